The third-order valence-corrected chi connectivity index (χ3v) is 3.60. The van der Waals surface area contributed by atoms with E-state index in [1.165, 1.54) is 30.1 Å². The van der Waals surface area contributed by atoms with E-state index < -0.39 is 5.24 Å². The lowest BCUT2D eigenvalue weighted by atomic mass is 10.2. The largest absolute Gasteiger partial charge is 0.307 e. The quantitative estimate of drug-likeness (QED) is 0.694. The summed E-state index contributed by atoms with van der Waals surface area (Å²) < 4.78 is 0. The molecule has 0 saturated heterocycles. The van der Waals surface area contributed by atoms with Crippen LogP contribution >= 0.6 is 23.4 Å². The number of rotatable bonds is 4. The first-order valence-electron chi connectivity index (χ1n) is 5.72. The normalized spacial score (nSPS) is 10.1. The topological polar surface area (TPSA) is 59.1 Å². The van der Waals surface area contributed by atoms with Crippen molar-refractivity contribution in [2.24, 2.45) is 0 Å². The molecule has 1 aromatic heterocycles. The number of hydrogen-bond acceptors (Lipinski definition) is 4. The Kier molecular flexibility index (Phi) is 4.76. The van der Waals surface area contributed by atoms with Crippen LogP contribution in [-0.2, 0) is 0 Å². The van der Waals surface area contributed by atoms with Crippen LogP contribution in [0.15, 0.2) is 47.5 Å². The van der Waals surface area contributed by atoms with Crippen molar-refractivity contribution in [2.75, 3.05) is 11.6 Å². The van der Waals surface area contributed by atoms with Crippen LogP contribution in [0.2, 0.25) is 0 Å². The number of halogens is 1. The molecule has 6 heteroatoms. The smallest absolute Gasteiger partial charge is 0.257 e. The van der Waals surface area contributed by atoms with Crippen molar-refractivity contribution in [2.45, 2.75) is 4.90 Å². The van der Waals surface area contributed by atoms with Gasteiger partial charge >= 0.3 is 0 Å². The molecule has 2 aromatic rings. The van der Waals surface area contributed by atoms with E-state index in [4.69, 9.17) is 11.6 Å². The second-order valence-corrected chi connectivity index (χ2v) is 5.05. The fourth-order valence-electron chi connectivity index (χ4n) is 1.60. The number of carbonyl (C=O) groups is 2. The van der Waals surface area contributed by atoms with Crippen LogP contribution in [0, 0.1) is 0 Å². The van der Waals surface area contributed by atoms with E-state index >= 15 is 0 Å². The Hall–Kier alpha value is -1.85. The minimum absolute atomic E-state index is 0.243. The van der Waals surface area contributed by atoms with Gasteiger partial charge < -0.3 is 5.32 Å². The Morgan fingerprint density at radius 3 is 2.55 bits per heavy atom. The maximum absolute atomic E-state index is 12.2. The lowest BCUT2D eigenvalue weighted by molar-refractivity contribution is 0.102. The molecule has 102 valence electrons. The third-order valence-electron chi connectivity index (χ3n) is 2.58. The number of amides is 1. The minimum atomic E-state index is -0.580. The first-order chi connectivity index (χ1) is 9.61. The number of hydrogen-bond donors (Lipinski definition) is 1. The highest BCUT2D eigenvalue weighted by Gasteiger charge is 2.11. The molecule has 1 aromatic carbocycles. The lowest BCUT2D eigenvalue weighted by Gasteiger charge is -2.07. The second-order valence-electron chi connectivity index (χ2n) is 3.86. The number of anilines is 1. The van der Waals surface area contributed by atoms with E-state index in [-0.39, 0.29) is 11.5 Å². The molecule has 0 spiro atoms. The van der Waals surface area contributed by atoms with E-state index in [0.29, 0.717) is 11.4 Å². The highest BCUT2D eigenvalue weighted by molar-refractivity contribution is 7.98. The van der Waals surface area contributed by atoms with Crippen molar-refractivity contribution < 1.29 is 9.59 Å². The molecule has 0 saturated carbocycles. The van der Waals surface area contributed by atoms with Gasteiger partial charge in [-0.15, -0.1) is 11.8 Å². The summed E-state index contributed by atoms with van der Waals surface area (Å²) >= 11 is 6.83. The van der Waals surface area contributed by atoms with Gasteiger partial charge in [-0.1, -0.05) is 12.1 Å². The zero-order valence-corrected chi connectivity index (χ0v) is 12.2. The summed E-state index contributed by atoms with van der Waals surface area (Å²) in [5.74, 6) is 0.125. The fraction of sp³-hybridized carbons (Fsp3) is 0.0714. The number of benzene rings is 1. The summed E-state index contributed by atoms with van der Waals surface area (Å²) in [4.78, 5) is 27.9. The number of thioether (sulfide) groups is 1. The van der Waals surface area contributed by atoms with Crippen LogP contribution < -0.4 is 5.32 Å². The number of carbonyl (C=O) groups excluding carboxylic acids is 2. The minimum Gasteiger partial charge on any atom is -0.307 e. The molecule has 0 bridgehead atoms. The highest BCUT2D eigenvalue weighted by atomic mass is 35.5. The van der Waals surface area contributed by atoms with Crippen molar-refractivity contribution in [1.82, 2.24) is 4.98 Å². The van der Waals surface area contributed by atoms with Crippen molar-refractivity contribution in [3.63, 3.8) is 0 Å². The average Bonchev–Trinajstić information content (AvgIpc) is 2.47. The lowest BCUT2D eigenvalue weighted by Crippen LogP contribution is -2.14. The standard InChI is InChI=1S/C14H11ClN2O2S/c1-20-11-5-3-2-4-10(11)14(19)17-12-7-6-9(8-16-12)13(15)18/h2-8H,1H3,(H,16,17,19). The molecule has 0 radical (unpaired) electrons. The summed E-state index contributed by atoms with van der Waals surface area (Å²) in [6.45, 7) is 0. The van der Waals surface area contributed by atoms with Gasteiger partial charge in [0, 0.05) is 11.1 Å². The van der Waals surface area contributed by atoms with E-state index in [9.17, 15) is 9.59 Å². The van der Waals surface area contributed by atoms with E-state index in [1.54, 1.807) is 12.1 Å². The molecule has 0 unspecified atom stereocenters. The fourth-order valence-corrected chi connectivity index (χ4v) is 2.31. The Bertz CT molecular complexity index is 644. The zero-order chi connectivity index (χ0) is 14.5. The summed E-state index contributed by atoms with van der Waals surface area (Å²) in [5.41, 5.74) is 0.869. The van der Waals surface area contributed by atoms with Gasteiger partial charge in [0.05, 0.1) is 11.1 Å². The van der Waals surface area contributed by atoms with E-state index in [1.807, 2.05) is 18.4 Å². The Labute approximate surface area is 125 Å². The highest BCUT2D eigenvalue weighted by Crippen LogP contribution is 2.20. The summed E-state index contributed by atoms with van der Waals surface area (Å²) in [6.07, 6.45) is 3.23. The Balaban J connectivity index is 2.17. The molecule has 20 heavy (non-hydrogen) atoms. The summed E-state index contributed by atoms with van der Waals surface area (Å²) in [7, 11) is 0. The molecule has 0 aliphatic rings. The molecule has 0 aliphatic carbocycles. The van der Waals surface area contributed by atoms with Crippen LogP contribution in [0.1, 0.15) is 20.7 Å². The molecule has 0 fully saturated rings. The predicted molar refractivity (Wildman–Crippen MR) is 80.6 cm³/mol. The molecular formula is C14H11ClN2O2S. The van der Waals surface area contributed by atoms with Gasteiger partial charge in [0.2, 0.25) is 0 Å². The van der Waals surface area contributed by atoms with Gasteiger partial charge in [0.1, 0.15) is 5.82 Å². The molecule has 1 N–H and O–H groups in total. The van der Waals surface area contributed by atoms with Gasteiger partial charge in [-0.2, -0.15) is 0 Å². The zero-order valence-electron chi connectivity index (χ0n) is 10.6. The van der Waals surface area contributed by atoms with Gasteiger partial charge in [-0.05, 0) is 42.1 Å². The molecular weight excluding hydrogens is 296 g/mol. The van der Waals surface area contributed by atoms with Crippen LogP contribution in [0.5, 0.6) is 0 Å². The summed E-state index contributed by atoms with van der Waals surface area (Å²) in [6, 6.07) is 10.4. The number of aromatic nitrogens is 1. The van der Waals surface area contributed by atoms with Crippen LogP contribution in [0.4, 0.5) is 5.82 Å². The van der Waals surface area contributed by atoms with Crippen molar-refractivity contribution in [3.05, 3.63) is 53.7 Å². The van der Waals surface area contributed by atoms with E-state index in [0.717, 1.165) is 4.90 Å². The second kappa shape index (κ2) is 6.54. The van der Waals surface area contributed by atoms with Crippen molar-refractivity contribution >= 4 is 40.3 Å². The van der Waals surface area contributed by atoms with Crippen LogP contribution in [0.3, 0.4) is 0 Å². The average molecular weight is 307 g/mol. The monoisotopic (exact) mass is 306 g/mol. The Morgan fingerprint density at radius 1 is 1.20 bits per heavy atom. The number of nitrogens with zero attached hydrogens (tertiary/aromatic N) is 1. The number of nitrogens with one attached hydrogen (secondary N) is 1. The molecule has 4 nitrogen and oxygen atoms in total. The first kappa shape index (κ1) is 14.6. The van der Waals surface area contributed by atoms with Crippen molar-refractivity contribution in [3.8, 4) is 0 Å². The Morgan fingerprint density at radius 2 is 1.95 bits per heavy atom. The van der Waals surface area contributed by atoms with Crippen LogP contribution in [-0.4, -0.2) is 22.4 Å². The van der Waals surface area contributed by atoms with Gasteiger partial charge in [0.25, 0.3) is 11.1 Å². The van der Waals surface area contributed by atoms with Gasteiger partial charge in [0.15, 0.2) is 0 Å². The summed E-state index contributed by atoms with van der Waals surface area (Å²) in [5, 5.41) is 2.10. The molecule has 1 heterocycles. The molecule has 0 aliphatic heterocycles. The molecule has 2 rings (SSSR count). The van der Waals surface area contributed by atoms with Crippen molar-refractivity contribution in [1.29, 1.82) is 0 Å². The predicted octanol–water partition coefficient (Wildman–Crippen LogP) is 3.43. The third kappa shape index (κ3) is 3.37. The number of pyridine rings is 1. The SMILES string of the molecule is CSc1ccccc1C(=O)Nc1ccc(C(=O)Cl)cn1. The molecule has 0 atom stereocenters. The first-order valence-corrected chi connectivity index (χ1v) is 7.32. The van der Waals surface area contributed by atoms with Gasteiger partial charge in [-0.25, -0.2) is 4.98 Å². The van der Waals surface area contributed by atoms with E-state index in [2.05, 4.69) is 10.3 Å². The molecule has 1 amide bonds. The maximum Gasteiger partial charge on any atom is 0.257 e. The van der Waals surface area contributed by atoms with Gasteiger partial charge in [-0.3, -0.25) is 9.59 Å². The maximum atomic E-state index is 12.2. The van der Waals surface area contributed by atoms with Crippen LogP contribution in [0.25, 0.3) is 0 Å².